The number of nitrogens with two attached hydrogens (primary N) is 2. The van der Waals surface area contributed by atoms with Crippen LogP contribution in [0.25, 0.3) is 0 Å². The molecule has 8 nitrogen and oxygen atoms in total. The van der Waals surface area contributed by atoms with Crippen molar-refractivity contribution in [3.05, 3.63) is 59.7 Å². The van der Waals surface area contributed by atoms with E-state index in [4.69, 9.17) is 11.5 Å². The minimum Gasteiger partial charge on any atom is -0.338 e. The number of benzene rings is 2. The zero-order valence-corrected chi connectivity index (χ0v) is 20.8. The van der Waals surface area contributed by atoms with Gasteiger partial charge in [-0.15, -0.1) is 0 Å². The highest BCUT2D eigenvalue weighted by Gasteiger charge is 2.04. The number of rotatable bonds is 16. The Morgan fingerprint density at radius 2 is 0.914 bits per heavy atom. The van der Waals surface area contributed by atoms with Crippen molar-refractivity contribution < 1.29 is 9.59 Å². The lowest BCUT2D eigenvalue weighted by molar-refractivity contribution is 0.251. The van der Waals surface area contributed by atoms with Gasteiger partial charge in [-0.2, -0.15) is 0 Å². The Morgan fingerprint density at radius 1 is 0.543 bits per heavy atom. The second-order valence-electron chi connectivity index (χ2n) is 8.74. The zero-order valence-electron chi connectivity index (χ0n) is 20.8. The van der Waals surface area contributed by atoms with E-state index in [9.17, 15) is 9.59 Å². The summed E-state index contributed by atoms with van der Waals surface area (Å²) in [5.74, 6) is 0. The highest BCUT2D eigenvalue weighted by molar-refractivity contribution is 5.89. The van der Waals surface area contributed by atoms with Crippen LogP contribution in [0.4, 0.5) is 21.0 Å². The van der Waals surface area contributed by atoms with Crippen molar-refractivity contribution in [2.24, 2.45) is 11.5 Å². The third-order valence-electron chi connectivity index (χ3n) is 5.66. The van der Waals surface area contributed by atoms with Crippen LogP contribution in [0.1, 0.15) is 62.5 Å². The van der Waals surface area contributed by atoms with Crippen LogP contribution in [0.2, 0.25) is 0 Å². The minimum absolute atomic E-state index is 0.185. The smallest absolute Gasteiger partial charge is 0.319 e. The lowest BCUT2D eigenvalue weighted by atomic mass is 10.0. The number of nitrogens with one attached hydrogen (secondary N) is 4. The normalized spacial score (nSPS) is 10.6. The fraction of sp³-hybridized carbons (Fsp3) is 0.481. The van der Waals surface area contributed by atoms with Crippen LogP contribution >= 0.6 is 0 Å². The average molecular weight is 483 g/mol. The van der Waals surface area contributed by atoms with Crippen LogP contribution < -0.4 is 32.7 Å². The Balaban J connectivity index is 1.67. The molecule has 0 aromatic heterocycles. The van der Waals surface area contributed by atoms with Crippen LogP contribution in [-0.2, 0) is 6.42 Å². The lowest BCUT2D eigenvalue weighted by Gasteiger charge is -2.10. The van der Waals surface area contributed by atoms with Crippen LogP contribution in [0.15, 0.2) is 48.5 Å². The number of hydrogen-bond acceptors (Lipinski definition) is 4. The Hall–Kier alpha value is -3.10. The van der Waals surface area contributed by atoms with Gasteiger partial charge in [-0.3, -0.25) is 0 Å². The van der Waals surface area contributed by atoms with Gasteiger partial charge in [0.2, 0.25) is 0 Å². The van der Waals surface area contributed by atoms with Crippen molar-refractivity contribution in [1.29, 1.82) is 0 Å². The van der Waals surface area contributed by atoms with E-state index in [1.165, 1.54) is 0 Å². The van der Waals surface area contributed by atoms with E-state index >= 15 is 0 Å². The highest BCUT2D eigenvalue weighted by Crippen LogP contribution is 2.16. The molecule has 0 radical (unpaired) electrons. The van der Waals surface area contributed by atoms with Crippen molar-refractivity contribution in [2.75, 3.05) is 36.8 Å². The summed E-state index contributed by atoms with van der Waals surface area (Å²) in [6, 6.07) is 15.3. The molecule has 0 atom stereocenters. The molecule has 2 aromatic rings. The van der Waals surface area contributed by atoms with Crippen LogP contribution in [-0.4, -0.2) is 38.2 Å². The number of urea groups is 2. The van der Waals surface area contributed by atoms with Gasteiger partial charge in [-0.25, -0.2) is 9.59 Å². The molecule has 0 aliphatic heterocycles. The van der Waals surface area contributed by atoms with E-state index in [0.29, 0.717) is 13.1 Å². The summed E-state index contributed by atoms with van der Waals surface area (Å²) in [6.45, 7) is 2.77. The van der Waals surface area contributed by atoms with Gasteiger partial charge in [0.15, 0.2) is 0 Å². The first-order valence-electron chi connectivity index (χ1n) is 12.8. The monoisotopic (exact) mass is 482 g/mol. The predicted molar refractivity (Wildman–Crippen MR) is 145 cm³/mol. The van der Waals surface area contributed by atoms with Gasteiger partial charge in [0, 0.05) is 24.5 Å². The molecule has 0 aliphatic rings. The highest BCUT2D eigenvalue weighted by atomic mass is 16.2. The Morgan fingerprint density at radius 3 is 1.29 bits per heavy atom. The summed E-state index contributed by atoms with van der Waals surface area (Å²) in [5.41, 5.74) is 14.8. The summed E-state index contributed by atoms with van der Waals surface area (Å²) >= 11 is 0. The number of amides is 4. The molecule has 35 heavy (non-hydrogen) atoms. The van der Waals surface area contributed by atoms with Gasteiger partial charge in [-0.1, -0.05) is 49.9 Å². The molecule has 2 rings (SSSR count). The van der Waals surface area contributed by atoms with E-state index < -0.39 is 0 Å². The maximum absolute atomic E-state index is 12.0. The SMILES string of the molecule is NCCCCCCNC(=O)Nc1ccc(Cc2ccc(NC(=O)NCCCCCCN)cc2)cc1. The van der Waals surface area contributed by atoms with Gasteiger partial charge in [0.25, 0.3) is 0 Å². The molecule has 0 fully saturated rings. The molecule has 0 bridgehead atoms. The van der Waals surface area contributed by atoms with Crippen molar-refractivity contribution in [3.8, 4) is 0 Å². The van der Waals surface area contributed by atoms with E-state index in [-0.39, 0.29) is 12.1 Å². The van der Waals surface area contributed by atoms with E-state index in [1.54, 1.807) is 0 Å². The zero-order chi connectivity index (χ0) is 25.1. The molecular weight excluding hydrogens is 440 g/mol. The first-order valence-corrected chi connectivity index (χ1v) is 12.8. The predicted octanol–water partition coefficient (Wildman–Crippen LogP) is 4.56. The molecule has 0 heterocycles. The van der Waals surface area contributed by atoms with Gasteiger partial charge >= 0.3 is 12.1 Å². The summed E-state index contributed by atoms with van der Waals surface area (Å²) in [7, 11) is 0. The van der Waals surface area contributed by atoms with Gasteiger partial charge < -0.3 is 32.7 Å². The summed E-state index contributed by atoms with van der Waals surface area (Å²) in [5, 5.41) is 11.5. The first-order chi connectivity index (χ1) is 17.1. The minimum atomic E-state index is -0.185. The molecule has 0 saturated heterocycles. The maximum Gasteiger partial charge on any atom is 0.319 e. The number of hydrogen-bond donors (Lipinski definition) is 6. The van der Waals surface area contributed by atoms with Crippen LogP contribution in [0.3, 0.4) is 0 Å². The van der Waals surface area contributed by atoms with E-state index in [0.717, 1.165) is 93.4 Å². The third-order valence-corrected chi connectivity index (χ3v) is 5.66. The van der Waals surface area contributed by atoms with Gasteiger partial charge in [-0.05, 0) is 80.6 Å². The van der Waals surface area contributed by atoms with Crippen molar-refractivity contribution in [1.82, 2.24) is 10.6 Å². The molecule has 0 unspecified atom stereocenters. The first kappa shape index (κ1) is 28.1. The Kier molecular flexibility index (Phi) is 14.0. The molecule has 4 amide bonds. The van der Waals surface area contributed by atoms with Gasteiger partial charge in [0.1, 0.15) is 0 Å². The molecule has 0 spiro atoms. The van der Waals surface area contributed by atoms with Crippen molar-refractivity contribution in [3.63, 3.8) is 0 Å². The summed E-state index contributed by atoms with van der Waals surface area (Å²) in [4.78, 5) is 24.0. The molecule has 0 saturated carbocycles. The second kappa shape index (κ2) is 17.4. The van der Waals surface area contributed by atoms with E-state index in [1.807, 2.05) is 48.5 Å². The lowest BCUT2D eigenvalue weighted by Crippen LogP contribution is -2.29. The van der Waals surface area contributed by atoms with Crippen molar-refractivity contribution in [2.45, 2.75) is 57.8 Å². The van der Waals surface area contributed by atoms with Crippen LogP contribution in [0, 0.1) is 0 Å². The number of carbonyl (C=O) groups is 2. The van der Waals surface area contributed by atoms with E-state index in [2.05, 4.69) is 21.3 Å². The third kappa shape index (κ3) is 12.8. The molecule has 0 aliphatic carbocycles. The molecular formula is C27H42N6O2. The fourth-order valence-electron chi connectivity index (χ4n) is 3.65. The average Bonchev–Trinajstić information content (AvgIpc) is 2.86. The molecule has 8 heteroatoms. The number of unbranched alkanes of at least 4 members (excludes halogenated alkanes) is 6. The van der Waals surface area contributed by atoms with Crippen LogP contribution in [0.5, 0.6) is 0 Å². The largest absolute Gasteiger partial charge is 0.338 e. The molecule has 8 N–H and O–H groups in total. The summed E-state index contributed by atoms with van der Waals surface area (Å²) < 4.78 is 0. The molecule has 2 aromatic carbocycles. The standard InChI is InChI=1S/C27H42N6O2/c28-17-5-1-3-7-19-30-26(34)32-24-13-9-22(10-14-24)21-23-11-15-25(16-12-23)33-27(35)31-20-8-4-2-6-18-29/h9-16H,1-8,17-21,28-29H2,(H2,30,32,34)(H2,31,33,35). The van der Waals surface area contributed by atoms with Gasteiger partial charge in [0.05, 0.1) is 0 Å². The number of carbonyl (C=O) groups excluding carboxylic acids is 2. The maximum atomic E-state index is 12.0. The second-order valence-corrected chi connectivity index (χ2v) is 8.74. The Bertz CT molecular complexity index is 783. The Labute approximate surface area is 209 Å². The fourth-order valence-corrected chi connectivity index (χ4v) is 3.65. The molecule has 192 valence electrons. The van der Waals surface area contributed by atoms with Crippen molar-refractivity contribution >= 4 is 23.4 Å². The topological polar surface area (TPSA) is 134 Å². The summed E-state index contributed by atoms with van der Waals surface area (Å²) in [6.07, 6.45) is 9.12. The quantitative estimate of drug-likeness (QED) is 0.196. The number of anilines is 2.